The Balaban J connectivity index is 0.00000336. The second kappa shape index (κ2) is 18.3. The zero-order valence-corrected chi connectivity index (χ0v) is 23.8. The molecule has 1 fully saturated rings. The molecule has 0 aliphatic heterocycles. The van der Waals surface area contributed by atoms with Crippen molar-refractivity contribution < 1.29 is 38.6 Å². The van der Waals surface area contributed by atoms with E-state index in [1.807, 2.05) is 13.8 Å². The maximum absolute atomic E-state index is 12.8. The third kappa shape index (κ3) is 13.0. The molecule has 2 unspecified atom stereocenters. The molecule has 1 rings (SSSR count). The van der Waals surface area contributed by atoms with Gasteiger partial charge in [-0.2, -0.15) is 0 Å². The summed E-state index contributed by atoms with van der Waals surface area (Å²) in [7, 11) is 0. The molecule has 0 heterocycles. The number of nitrogens with two attached hydrogens (primary N) is 2. The van der Waals surface area contributed by atoms with Gasteiger partial charge in [-0.1, -0.05) is 13.8 Å². The van der Waals surface area contributed by atoms with E-state index in [-0.39, 0.29) is 24.7 Å². The number of ketones is 1. The minimum Gasteiger partial charge on any atom is -0.481 e. The quantitative estimate of drug-likeness (QED) is 0.117. The minimum atomic E-state index is -1.44. The van der Waals surface area contributed by atoms with Gasteiger partial charge in [0.05, 0.1) is 25.1 Å². The molecule has 1 aliphatic carbocycles. The number of Topliss-reactive ketones (excluding diaryl/α,β-unsaturated/α-hetero) is 1. The van der Waals surface area contributed by atoms with Gasteiger partial charge in [-0.25, -0.2) is 4.79 Å². The molecule has 1 saturated carbocycles. The number of carboxylic acid groups (broad SMARTS) is 1. The van der Waals surface area contributed by atoms with Crippen LogP contribution in [0, 0.1) is 11.8 Å². The van der Waals surface area contributed by atoms with Crippen molar-refractivity contribution in [3.05, 3.63) is 0 Å². The number of carbonyl (C=O) groups excluding carboxylic acids is 5. The van der Waals surface area contributed by atoms with Crippen LogP contribution < -0.4 is 27.4 Å². The fourth-order valence-corrected chi connectivity index (χ4v) is 4.50. The van der Waals surface area contributed by atoms with Crippen LogP contribution in [-0.4, -0.2) is 77.9 Å². The predicted octanol–water partition coefficient (Wildman–Crippen LogP) is -0.0121. The Kier molecular flexibility index (Phi) is 16.8. The number of nitrogens with one attached hydrogen (secondary N) is 3. The van der Waals surface area contributed by atoms with Gasteiger partial charge < -0.3 is 37.3 Å². The molecule has 224 valence electrons. The van der Waals surface area contributed by atoms with Gasteiger partial charge in [0.1, 0.15) is 17.4 Å². The Morgan fingerprint density at radius 1 is 1.08 bits per heavy atom. The molecule has 13 heteroatoms. The average Bonchev–Trinajstić information content (AvgIpc) is 3.26. The minimum absolute atomic E-state index is 0.112. The van der Waals surface area contributed by atoms with Crippen LogP contribution in [0.1, 0.15) is 79.6 Å². The molecule has 13 nitrogen and oxygen atoms in total. The Morgan fingerprint density at radius 3 is 2.21 bits per heavy atom. The highest BCUT2D eigenvalue weighted by atomic mass is 16.5. The first-order chi connectivity index (χ1) is 18.2. The van der Waals surface area contributed by atoms with Crippen molar-refractivity contribution in [2.45, 2.75) is 97.2 Å². The standard InChI is InChI=1S/C24H43N5O6.C2H4O2/c1-5-35-23(34)24(11-8-9-17(24)16(4)30)29-20(31)14-27-22(33)19(10-6-7-12-25)28-21(32)18(26)13-15(2)3;1-2(3)4/h15,17-19H,5-14,25-26H2,1-4H3,(H,27,33)(H,28,32)(H,29,31);1H3,(H,3,4)/t17?,18-,19-,24?;/m0./s1. The lowest BCUT2D eigenvalue weighted by atomic mass is 9.84. The van der Waals surface area contributed by atoms with E-state index in [1.54, 1.807) is 6.92 Å². The third-order valence-electron chi connectivity index (χ3n) is 6.22. The summed E-state index contributed by atoms with van der Waals surface area (Å²) in [5.74, 6) is -3.77. The zero-order chi connectivity index (χ0) is 30.2. The van der Waals surface area contributed by atoms with Crippen molar-refractivity contribution in [2.24, 2.45) is 23.3 Å². The van der Waals surface area contributed by atoms with Crippen molar-refractivity contribution in [1.82, 2.24) is 16.0 Å². The topological polar surface area (TPSA) is 220 Å². The monoisotopic (exact) mass is 557 g/mol. The number of carbonyl (C=O) groups is 6. The van der Waals surface area contributed by atoms with Crippen LogP contribution in [0.3, 0.4) is 0 Å². The average molecular weight is 558 g/mol. The van der Waals surface area contributed by atoms with E-state index in [9.17, 15) is 24.0 Å². The molecule has 0 aromatic rings. The molecular weight excluding hydrogens is 510 g/mol. The number of esters is 1. The molecule has 8 N–H and O–H groups in total. The van der Waals surface area contributed by atoms with Crippen molar-refractivity contribution in [2.75, 3.05) is 19.7 Å². The summed E-state index contributed by atoms with van der Waals surface area (Å²) < 4.78 is 5.16. The number of carboxylic acids is 1. The van der Waals surface area contributed by atoms with Gasteiger partial charge >= 0.3 is 5.97 Å². The summed E-state index contributed by atoms with van der Waals surface area (Å²) in [6, 6.07) is -1.63. The lowest BCUT2D eigenvalue weighted by molar-refractivity contribution is -0.157. The highest BCUT2D eigenvalue weighted by Crippen LogP contribution is 2.37. The van der Waals surface area contributed by atoms with Gasteiger partial charge in [-0.3, -0.25) is 24.0 Å². The maximum Gasteiger partial charge on any atom is 0.332 e. The summed E-state index contributed by atoms with van der Waals surface area (Å²) in [6.45, 7) is 8.15. The summed E-state index contributed by atoms with van der Waals surface area (Å²) in [4.78, 5) is 71.9. The summed E-state index contributed by atoms with van der Waals surface area (Å²) in [6.07, 6.45) is 3.41. The first-order valence-corrected chi connectivity index (χ1v) is 13.4. The normalized spacial score (nSPS) is 19.6. The molecule has 0 spiro atoms. The smallest absolute Gasteiger partial charge is 0.332 e. The number of hydrogen-bond acceptors (Lipinski definition) is 9. The lowest BCUT2D eigenvalue weighted by Gasteiger charge is -2.33. The van der Waals surface area contributed by atoms with Gasteiger partial charge in [0.2, 0.25) is 17.7 Å². The van der Waals surface area contributed by atoms with E-state index in [1.165, 1.54) is 6.92 Å². The number of aliphatic carboxylic acids is 1. The van der Waals surface area contributed by atoms with Crippen molar-refractivity contribution in [3.63, 3.8) is 0 Å². The Bertz CT molecular complexity index is 846. The second-order valence-corrected chi connectivity index (χ2v) is 10.1. The summed E-state index contributed by atoms with van der Waals surface area (Å²) >= 11 is 0. The molecule has 4 atom stereocenters. The highest BCUT2D eigenvalue weighted by Gasteiger charge is 2.53. The van der Waals surface area contributed by atoms with Crippen molar-refractivity contribution in [1.29, 1.82) is 0 Å². The number of amides is 3. The molecule has 0 aromatic carbocycles. The molecule has 3 amide bonds. The summed E-state index contributed by atoms with van der Waals surface area (Å²) in [5, 5.41) is 15.3. The van der Waals surface area contributed by atoms with Crippen LogP contribution in [0.2, 0.25) is 0 Å². The number of ether oxygens (including phenoxy) is 1. The van der Waals surface area contributed by atoms with Crippen LogP contribution in [0.15, 0.2) is 0 Å². The van der Waals surface area contributed by atoms with Crippen LogP contribution in [0.5, 0.6) is 0 Å². The second-order valence-electron chi connectivity index (χ2n) is 10.1. The third-order valence-corrected chi connectivity index (χ3v) is 6.22. The summed E-state index contributed by atoms with van der Waals surface area (Å²) in [5.41, 5.74) is 10.0. The molecule has 1 aliphatic rings. The largest absolute Gasteiger partial charge is 0.481 e. The van der Waals surface area contributed by atoms with E-state index in [0.717, 1.165) is 6.92 Å². The number of hydrogen-bond donors (Lipinski definition) is 6. The molecule has 0 aromatic heterocycles. The molecular formula is C26H47N5O8. The van der Waals surface area contributed by atoms with Gasteiger partial charge in [-0.15, -0.1) is 0 Å². The lowest BCUT2D eigenvalue weighted by Crippen LogP contribution is -2.61. The maximum atomic E-state index is 12.8. The zero-order valence-electron chi connectivity index (χ0n) is 23.8. The SMILES string of the molecule is CC(=O)O.CCOC(=O)C1(NC(=O)CNC(=O)[C@H](CCCCN)NC(=O)[C@@H](N)CC(C)C)CCCC1C(C)=O. The number of unbranched alkanes of at least 4 members (excludes halogenated alkanes) is 1. The fraction of sp³-hybridized carbons (Fsp3) is 0.769. The Hall–Kier alpha value is -3.06. The van der Waals surface area contributed by atoms with Crippen LogP contribution in [0.25, 0.3) is 0 Å². The molecule has 0 saturated heterocycles. The van der Waals surface area contributed by atoms with Crippen molar-refractivity contribution >= 4 is 35.4 Å². The molecule has 0 bridgehead atoms. The first kappa shape index (κ1) is 35.9. The Labute approximate surface area is 230 Å². The van der Waals surface area contributed by atoms with Gasteiger partial charge in [0.15, 0.2) is 0 Å². The van der Waals surface area contributed by atoms with E-state index >= 15 is 0 Å². The first-order valence-electron chi connectivity index (χ1n) is 13.4. The van der Waals surface area contributed by atoms with Gasteiger partial charge in [-0.05, 0) is 71.3 Å². The predicted molar refractivity (Wildman–Crippen MR) is 144 cm³/mol. The van der Waals surface area contributed by atoms with Gasteiger partial charge in [0, 0.05) is 6.92 Å². The van der Waals surface area contributed by atoms with E-state index in [0.29, 0.717) is 45.1 Å². The number of rotatable bonds is 15. The van der Waals surface area contributed by atoms with Crippen molar-refractivity contribution in [3.8, 4) is 0 Å². The molecule has 39 heavy (non-hydrogen) atoms. The molecule has 0 radical (unpaired) electrons. The van der Waals surface area contributed by atoms with Gasteiger partial charge in [0.25, 0.3) is 5.97 Å². The van der Waals surface area contributed by atoms with Crippen LogP contribution in [0.4, 0.5) is 0 Å². The van der Waals surface area contributed by atoms with Crippen LogP contribution >= 0.6 is 0 Å². The van der Waals surface area contributed by atoms with E-state index in [2.05, 4.69) is 16.0 Å². The van der Waals surface area contributed by atoms with E-state index in [4.69, 9.17) is 26.1 Å². The fourth-order valence-electron chi connectivity index (χ4n) is 4.50. The highest BCUT2D eigenvalue weighted by molar-refractivity contribution is 5.97. The van der Waals surface area contributed by atoms with Crippen LogP contribution in [-0.2, 0) is 33.5 Å². The Morgan fingerprint density at radius 2 is 1.69 bits per heavy atom. The van der Waals surface area contributed by atoms with E-state index < -0.39 is 59.7 Å².